The molecule has 0 saturated carbocycles. The third-order valence-electron chi connectivity index (χ3n) is 5.44. The molecule has 176 valence electrons. The number of nitrogens with zero attached hydrogens (tertiary/aromatic N) is 2. The van der Waals surface area contributed by atoms with Crippen LogP contribution in [0.15, 0.2) is 79.0 Å². The number of aromatic nitrogens is 1. The zero-order valence-corrected chi connectivity index (χ0v) is 19.8. The van der Waals surface area contributed by atoms with Crippen molar-refractivity contribution in [1.82, 2.24) is 4.98 Å². The lowest BCUT2D eigenvalue weighted by Gasteiger charge is -2.12. The van der Waals surface area contributed by atoms with E-state index in [1.807, 2.05) is 36.4 Å². The van der Waals surface area contributed by atoms with Crippen LogP contribution < -0.4 is 10.5 Å². The van der Waals surface area contributed by atoms with Crippen LogP contribution in [0.3, 0.4) is 0 Å². The van der Waals surface area contributed by atoms with Gasteiger partial charge in [0.05, 0.1) is 28.5 Å². The zero-order chi connectivity index (χ0) is 25.5. The van der Waals surface area contributed by atoms with E-state index in [2.05, 4.69) is 11.1 Å². The Morgan fingerprint density at radius 3 is 2.56 bits per heavy atom. The second-order valence-corrected chi connectivity index (χ2v) is 8.22. The number of benzene rings is 3. The van der Waals surface area contributed by atoms with Gasteiger partial charge in [-0.3, -0.25) is 14.6 Å². The first kappa shape index (κ1) is 24.4. The lowest BCUT2D eigenvalue weighted by atomic mass is 9.98. The lowest BCUT2D eigenvalue weighted by molar-refractivity contribution is 0.1000. The molecular weight excluding hydrogens is 474 g/mol. The lowest BCUT2D eigenvalue weighted by Crippen LogP contribution is -2.15. The predicted octanol–water partition coefficient (Wildman–Crippen LogP) is 5.93. The molecule has 7 heteroatoms. The minimum absolute atomic E-state index is 0.160. The van der Waals surface area contributed by atoms with Gasteiger partial charge >= 0.3 is 0 Å². The van der Waals surface area contributed by atoms with Gasteiger partial charge in [-0.25, -0.2) is 0 Å². The number of hydrogen-bond donors (Lipinski definition) is 1. The number of carbonyl (C=O) groups is 2. The van der Waals surface area contributed by atoms with Crippen molar-refractivity contribution in [3.8, 4) is 22.9 Å². The molecule has 0 aliphatic heterocycles. The van der Waals surface area contributed by atoms with Gasteiger partial charge < -0.3 is 10.5 Å². The first-order valence-corrected chi connectivity index (χ1v) is 11.3. The summed E-state index contributed by atoms with van der Waals surface area (Å²) < 4.78 is 5.88. The van der Waals surface area contributed by atoms with Gasteiger partial charge in [-0.15, -0.1) is 0 Å². The van der Waals surface area contributed by atoms with Gasteiger partial charge in [-0.1, -0.05) is 60.1 Å². The SMILES string of the molecule is N#Cc1cccc(COc2cc(/C=C/c3nccc(-c4ccccc4)c3C(N)=O)c(Cl)cc2C=O)c1. The molecule has 2 N–H and O–H groups in total. The molecule has 6 nitrogen and oxygen atoms in total. The molecule has 0 saturated heterocycles. The first-order valence-electron chi connectivity index (χ1n) is 10.9. The molecule has 0 bridgehead atoms. The van der Waals surface area contributed by atoms with Gasteiger partial charge in [0.15, 0.2) is 6.29 Å². The summed E-state index contributed by atoms with van der Waals surface area (Å²) in [5.41, 5.74) is 10.0. The number of nitrogens with two attached hydrogens (primary N) is 1. The molecule has 4 rings (SSSR count). The summed E-state index contributed by atoms with van der Waals surface area (Å²) in [5.74, 6) is -0.273. The van der Waals surface area contributed by atoms with Gasteiger partial charge in [0.1, 0.15) is 12.4 Å². The number of ether oxygens (including phenoxy) is 1. The summed E-state index contributed by atoms with van der Waals surface area (Å²) in [6.07, 6.45) is 5.60. The number of pyridine rings is 1. The maximum atomic E-state index is 12.3. The van der Waals surface area contributed by atoms with E-state index in [9.17, 15) is 9.59 Å². The molecule has 3 aromatic carbocycles. The average molecular weight is 494 g/mol. The quantitative estimate of drug-likeness (QED) is 0.306. The van der Waals surface area contributed by atoms with Gasteiger partial charge in [0, 0.05) is 11.2 Å². The Balaban J connectivity index is 1.67. The highest BCUT2D eigenvalue weighted by Gasteiger charge is 2.15. The number of rotatable bonds is 8. The van der Waals surface area contributed by atoms with Gasteiger partial charge in [-0.05, 0) is 58.7 Å². The monoisotopic (exact) mass is 493 g/mol. The fraction of sp³-hybridized carbons (Fsp3) is 0.0345. The van der Waals surface area contributed by atoms with Crippen LogP contribution in [-0.4, -0.2) is 17.2 Å². The predicted molar refractivity (Wildman–Crippen MR) is 139 cm³/mol. The van der Waals surface area contributed by atoms with Crippen LogP contribution >= 0.6 is 11.6 Å². The molecule has 4 aromatic rings. The van der Waals surface area contributed by atoms with E-state index < -0.39 is 5.91 Å². The van der Waals surface area contributed by atoms with Crippen molar-refractivity contribution < 1.29 is 14.3 Å². The highest BCUT2D eigenvalue weighted by Crippen LogP contribution is 2.30. The second kappa shape index (κ2) is 11.1. The third kappa shape index (κ3) is 5.49. The molecule has 0 aliphatic carbocycles. The molecule has 0 radical (unpaired) electrons. The molecule has 36 heavy (non-hydrogen) atoms. The van der Waals surface area contributed by atoms with Crippen molar-refractivity contribution in [3.63, 3.8) is 0 Å². The number of nitriles is 1. The largest absolute Gasteiger partial charge is 0.488 e. The Bertz CT molecular complexity index is 1510. The van der Waals surface area contributed by atoms with Crippen molar-refractivity contribution in [1.29, 1.82) is 5.26 Å². The fourth-order valence-corrected chi connectivity index (χ4v) is 3.95. The van der Waals surface area contributed by atoms with E-state index >= 15 is 0 Å². The van der Waals surface area contributed by atoms with Gasteiger partial charge in [0.2, 0.25) is 0 Å². The van der Waals surface area contributed by atoms with Gasteiger partial charge in [0.25, 0.3) is 5.91 Å². The highest BCUT2D eigenvalue weighted by molar-refractivity contribution is 6.32. The number of amides is 1. The Morgan fingerprint density at radius 1 is 1.03 bits per heavy atom. The van der Waals surface area contributed by atoms with Crippen LogP contribution in [0.4, 0.5) is 0 Å². The molecule has 1 amide bonds. The van der Waals surface area contributed by atoms with Crippen LogP contribution in [0.5, 0.6) is 5.75 Å². The molecule has 1 heterocycles. The van der Waals surface area contributed by atoms with E-state index in [0.717, 1.165) is 11.1 Å². The first-order chi connectivity index (χ1) is 17.5. The van der Waals surface area contributed by atoms with Crippen LogP contribution in [0, 0.1) is 11.3 Å². The summed E-state index contributed by atoms with van der Waals surface area (Å²) in [5, 5.41) is 9.42. The average Bonchev–Trinajstić information content (AvgIpc) is 2.91. The van der Waals surface area contributed by atoms with Crippen molar-refractivity contribution in [2.75, 3.05) is 0 Å². The molecule has 0 spiro atoms. The smallest absolute Gasteiger partial charge is 0.251 e. The number of primary amides is 1. The molecule has 1 aromatic heterocycles. The van der Waals surface area contributed by atoms with E-state index in [-0.39, 0.29) is 17.7 Å². The Hall–Kier alpha value is -4.73. The fourth-order valence-electron chi connectivity index (χ4n) is 3.71. The number of aldehydes is 1. The van der Waals surface area contributed by atoms with E-state index in [4.69, 9.17) is 27.3 Å². The second-order valence-electron chi connectivity index (χ2n) is 7.81. The summed E-state index contributed by atoms with van der Waals surface area (Å²) in [4.78, 5) is 28.3. The van der Waals surface area contributed by atoms with Crippen molar-refractivity contribution in [2.45, 2.75) is 6.61 Å². The minimum atomic E-state index is -0.604. The molecule has 0 unspecified atom stereocenters. The maximum Gasteiger partial charge on any atom is 0.251 e. The van der Waals surface area contributed by atoms with E-state index in [1.165, 1.54) is 6.07 Å². The van der Waals surface area contributed by atoms with Crippen molar-refractivity contribution >= 4 is 35.9 Å². The molecule has 0 fully saturated rings. The molecule has 0 atom stereocenters. The van der Waals surface area contributed by atoms with Crippen LogP contribution in [-0.2, 0) is 6.61 Å². The topological polar surface area (TPSA) is 106 Å². The molecule has 0 aliphatic rings. The number of hydrogen-bond acceptors (Lipinski definition) is 5. The molecular formula is C29H20ClN3O3. The van der Waals surface area contributed by atoms with Crippen molar-refractivity contribution in [2.24, 2.45) is 5.73 Å². The number of carbonyl (C=O) groups excluding carboxylic acids is 2. The van der Waals surface area contributed by atoms with Crippen LogP contribution in [0.2, 0.25) is 5.02 Å². The summed E-state index contributed by atoms with van der Waals surface area (Å²) in [7, 11) is 0. The third-order valence-corrected chi connectivity index (χ3v) is 5.77. The zero-order valence-electron chi connectivity index (χ0n) is 19.0. The van der Waals surface area contributed by atoms with Gasteiger partial charge in [-0.2, -0.15) is 5.26 Å². The summed E-state index contributed by atoms with van der Waals surface area (Å²) in [6, 6.07) is 23.4. The Morgan fingerprint density at radius 2 is 1.83 bits per heavy atom. The number of halogens is 1. The Labute approximate surface area is 213 Å². The van der Waals surface area contributed by atoms with E-state index in [0.29, 0.717) is 39.4 Å². The Kier molecular flexibility index (Phi) is 7.54. The van der Waals surface area contributed by atoms with Crippen LogP contribution in [0.1, 0.15) is 43.1 Å². The normalized spacial score (nSPS) is 10.7. The van der Waals surface area contributed by atoms with E-state index in [1.54, 1.807) is 48.7 Å². The maximum absolute atomic E-state index is 12.3. The minimum Gasteiger partial charge on any atom is -0.488 e. The summed E-state index contributed by atoms with van der Waals surface area (Å²) in [6.45, 7) is 0.160. The summed E-state index contributed by atoms with van der Waals surface area (Å²) >= 11 is 6.42. The standard InChI is InChI=1S/C29H20ClN3O3/c30-25-14-23(17-34)27(36-18-20-6-4-5-19(13-20)16-31)15-22(25)9-10-26-28(29(32)35)24(11-12-33-26)21-7-2-1-3-8-21/h1-15,17H,18H2,(H2,32,35)/b10-9+. The highest BCUT2D eigenvalue weighted by atomic mass is 35.5. The van der Waals surface area contributed by atoms with Crippen LogP contribution in [0.25, 0.3) is 23.3 Å². The van der Waals surface area contributed by atoms with Crippen molar-refractivity contribution in [3.05, 3.63) is 118 Å².